The molecule has 272 valence electrons. The summed E-state index contributed by atoms with van der Waals surface area (Å²) in [5, 5.41) is 65.4. The Bertz CT molecular complexity index is 3210. The summed E-state index contributed by atoms with van der Waals surface area (Å²) >= 11 is 0. The molecular formula is C47H31BN4O5. The van der Waals surface area contributed by atoms with Crippen LogP contribution in [-0.4, -0.2) is 52.1 Å². The molecule has 57 heavy (non-hydrogen) atoms. The van der Waals surface area contributed by atoms with Crippen LogP contribution >= 0.6 is 0 Å². The maximum Gasteiger partial charge on any atom is 0.206 e. The minimum atomic E-state index is -0.931. The van der Waals surface area contributed by atoms with Crippen molar-refractivity contribution in [3.63, 3.8) is 0 Å². The van der Waals surface area contributed by atoms with Crippen LogP contribution in [0.3, 0.4) is 0 Å². The summed E-state index contributed by atoms with van der Waals surface area (Å²) in [5.74, 6) is -2.96. The van der Waals surface area contributed by atoms with Gasteiger partial charge in [0.1, 0.15) is 19.4 Å². The second kappa shape index (κ2) is 11.8. The molecular weight excluding hydrogens is 711 g/mol. The monoisotopic (exact) mass is 742 g/mol. The molecule has 4 heterocycles. The molecule has 0 saturated carbocycles. The van der Waals surface area contributed by atoms with Crippen molar-refractivity contribution in [2.75, 3.05) is 0 Å². The fraction of sp³-hybridized carbons (Fsp3) is 0. The summed E-state index contributed by atoms with van der Waals surface area (Å²) in [6, 6.07) is 47.1. The normalized spacial score (nSPS) is 11.9. The number of aromatic hydroxyl groups is 5. The molecule has 0 aliphatic heterocycles. The van der Waals surface area contributed by atoms with E-state index in [4.69, 9.17) is 4.98 Å². The lowest BCUT2D eigenvalue weighted by molar-refractivity contribution is 0.346. The van der Waals surface area contributed by atoms with E-state index in [9.17, 15) is 25.5 Å². The smallest absolute Gasteiger partial charge is 0.206 e. The van der Waals surface area contributed by atoms with E-state index >= 15 is 0 Å². The molecule has 11 rings (SSSR count). The maximum absolute atomic E-state index is 12.9. The van der Waals surface area contributed by atoms with Gasteiger partial charge in [0.15, 0.2) is 23.1 Å². The van der Waals surface area contributed by atoms with Crippen LogP contribution in [0, 0.1) is 0 Å². The van der Waals surface area contributed by atoms with Crippen molar-refractivity contribution < 1.29 is 25.5 Å². The second-order valence-electron chi connectivity index (χ2n) is 14.3. The van der Waals surface area contributed by atoms with Crippen LogP contribution in [0.4, 0.5) is 0 Å². The first-order chi connectivity index (χ1) is 27.8. The third kappa shape index (κ3) is 4.32. The summed E-state index contributed by atoms with van der Waals surface area (Å²) in [7, 11) is 1.80. The Balaban J connectivity index is 1.37. The van der Waals surface area contributed by atoms with Gasteiger partial charge in [-0.05, 0) is 41.9 Å². The Kier molecular flexibility index (Phi) is 6.76. The van der Waals surface area contributed by atoms with Gasteiger partial charge in [-0.25, -0.2) is 4.98 Å². The molecule has 0 amide bonds. The zero-order valence-corrected chi connectivity index (χ0v) is 30.4. The molecule has 0 radical (unpaired) electrons. The zero-order chi connectivity index (χ0) is 38.7. The average molecular weight is 743 g/mol. The SMILES string of the molecule is Bc1c(-n2c3ccccc3c3ccccc32)nc(-n2c3ccccc3c3ccccc32)c(O)c1-c1c(O)c(O)c(O)c(O)c1-n1c2ccccc2c2ccccc21. The molecule has 0 atom stereocenters. The van der Waals surface area contributed by atoms with E-state index in [2.05, 4.69) is 12.1 Å². The predicted molar refractivity (Wildman–Crippen MR) is 229 cm³/mol. The fourth-order valence-electron chi connectivity index (χ4n) is 8.92. The van der Waals surface area contributed by atoms with Crippen LogP contribution in [0.2, 0.25) is 0 Å². The highest BCUT2D eigenvalue weighted by molar-refractivity contribution is 6.39. The van der Waals surface area contributed by atoms with Gasteiger partial charge < -0.3 is 30.1 Å². The molecule has 10 heteroatoms. The van der Waals surface area contributed by atoms with Crippen molar-refractivity contribution in [2.24, 2.45) is 0 Å². The van der Waals surface area contributed by atoms with E-state index < -0.39 is 23.0 Å². The van der Waals surface area contributed by atoms with E-state index in [1.165, 1.54) is 0 Å². The first kappa shape index (κ1) is 32.6. The third-order valence-corrected chi connectivity index (χ3v) is 11.4. The van der Waals surface area contributed by atoms with Gasteiger partial charge in [-0.2, -0.15) is 0 Å². The number of hydrogen-bond acceptors (Lipinski definition) is 6. The predicted octanol–water partition coefficient (Wildman–Crippen LogP) is 8.83. The molecule has 0 aliphatic rings. The summed E-state index contributed by atoms with van der Waals surface area (Å²) in [6.07, 6.45) is 0. The molecule has 9 nitrogen and oxygen atoms in total. The highest BCUT2D eigenvalue weighted by atomic mass is 16.3. The molecule has 0 bridgehead atoms. The van der Waals surface area contributed by atoms with Crippen molar-refractivity contribution in [2.45, 2.75) is 0 Å². The Hall–Kier alpha value is -7.85. The van der Waals surface area contributed by atoms with E-state index in [-0.39, 0.29) is 28.4 Å². The maximum atomic E-state index is 12.9. The van der Waals surface area contributed by atoms with Crippen molar-refractivity contribution in [3.8, 4) is 57.2 Å². The van der Waals surface area contributed by atoms with E-state index in [1.54, 1.807) is 12.4 Å². The number of para-hydroxylation sites is 6. The standard InChI is InChI=1S/C47H31BN4O5/c48-39-37(38-40(43(55)45(57)44(56)41(38)53)50-31-19-7-1-13-25(31)26-14-2-8-20-32(26)50)42(54)47(52-35-23-11-5-17-29(35)30-18-6-12-24-36(30)52)49-46(39)51-33-21-9-3-15-27(33)28-16-4-10-22-34(28)51/h1-24,53-57H,48H2. The van der Waals surface area contributed by atoms with Gasteiger partial charge in [0.2, 0.25) is 11.5 Å². The lowest BCUT2D eigenvalue weighted by Crippen LogP contribution is -2.21. The van der Waals surface area contributed by atoms with Crippen molar-refractivity contribution in [3.05, 3.63) is 146 Å². The Morgan fingerprint density at radius 2 is 0.649 bits per heavy atom. The topological polar surface area (TPSA) is 129 Å². The van der Waals surface area contributed by atoms with Crippen LogP contribution in [0.1, 0.15) is 0 Å². The highest BCUT2D eigenvalue weighted by Crippen LogP contribution is 2.56. The number of pyridine rings is 1. The van der Waals surface area contributed by atoms with E-state index in [1.807, 2.05) is 143 Å². The van der Waals surface area contributed by atoms with Gasteiger partial charge in [-0.1, -0.05) is 109 Å². The van der Waals surface area contributed by atoms with Gasteiger partial charge in [-0.15, -0.1) is 0 Å². The van der Waals surface area contributed by atoms with Crippen LogP contribution in [0.25, 0.3) is 93.9 Å². The summed E-state index contributed by atoms with van der Waals surface area (Å²) < 4.78 is 5.68. The minimum absolute atomic E-state index is 0.0360. The summed E-state index contributed by atoms with van der Waals surface area (Å²) in [5.41, 5.74) is 5.02. The quantitative estimate of drug-likeness (QED) is 0.0697. The molecule has 0 fully saturated rings. The fourth-order valence-corrected chi connectivity index (χ4v) is 8.92. The number of benzene rings is 7. The molecule has 4 aromatic heterocycles. The highest BCUT2D eigenvalue weighted by Gasteiger charge is 2.33. The van der Waals surface area contributed by atoms with Crippen LogP contribution < -0.4 is 5.46 Å². The van der Waals surface area contributed by atoms with E-state index in [0.717, 1.165) is 54.4 Å². The summed E-state index contributed by atoms with van der Waals surface area (Å²) in [6.45, 7) is 0. The van der Waals surface area contributed by atoms with Crippen LogP contribution in [-0.2, 0) is 0 Å². The molecule has 0 spiro atoms. The molecule has 5 N–H and O–H groups in total. The average Bonchev–Trinajstić information content (AvgIpc) is 3.88. The lowest BCUT2D eigenvalue weighted by atomic mass is 9.85. The largest absolute Gasteiger partial charge is 0.504 e. The first-order valence-electron chi connectivity index (χ1n) is 18.5. The van der Waals surface area contributed by atoms with Gasteiger partial charge in [0, 0.05) is 37.9 Å². The number of phenolic OH excluding ortho intramolecular Hbond substituents is 4. The van der Waals surface area contributed by atoms with Gasteiger partial charge in [0.25, 0.3) is 0 Å². The van der Waals surface area contributed by atoms with Gasteiger partial charge in [-0.3, -0.25) is 9.13 Å². The first-order valence-corrected chi connectivity index (χ1v) is 18.5. The van der Waals surface area contributed by atoms with Gasteiger partial charge in [0.05, 0.1) is 38.7 Å². The number of nitrogens with zero attached hydrogens (tertiary/aromatic N) is 4. The molecule has 0 saturated heterocycles. The number of hydrogen-bond donors (Lipinski definition) is 5. The second-order valence-corrected chi connectivity index (χ2v) is 14.3. The van der Waals surface area contributed by atoms with Crippen molar-refractivity contribution in [1.82, 2.24) is 18.7 Å². The lowest BCUT2D eigenvalue weighted by Gasteiger charge is -2.24. The molecule has 11 aromatic rings. The third-order valence-electron chi connectivity index (χ3n) is 11.4. The Labute approximate surface area is 324 Å². The Morgan fingerprint density at radius 1 is 0.333 bits per heavy atom. The molecule has 7 aromatic carbocycles. The Morgan fingerprint density at radius 3 is 1.04 bits per heavy atom. The summed E-state index contributed by atoms with van der Waals surface area (Å²) in [4.78, 5) is 5.34. The van der Waals surface area contributed by atoms with Crippen LogP contribution in [0.5, 0.6) is 28.7 Å². The van der Waals surface area contributed by atoms with Crippen molar-refractivity contribution >= 4 is 78.7 Å². The van der Waals surface area contributed by atoms with Gasteiger partial charge >= 0.3 is 0 Å². The van der Waals surface area contributed by atoms with E-state index in [0.29, 0.717) is 22.3 Å². The van der Waals surface area contributed by atoms with Crippen molar-refractivity contribution in [1.29, 1.82) is 0 Å². The number of rotatable bonds is 4. The minimum Gasteiger partial charge on any atom is -0.504 e. The van der Waals surface area contributed by atoms with Crippen LogP contribution in [0.15, 0.2) is 146 Å². The number of aromatic nitrogens is 4. The zero-order valence-electron chi connectivity index (χ0n) is 30.4. The molecule has 0 unspecified atom stereocenters. The number of fused-ring (bicyclic) bond motifs is 9. The molecule has 0 aliphatic carbocycles. The number of phenols is 4.